The highest BCUT2D eigenvalue weighted by Crippen LogP contribution is 2.26. The number of nitrogens with one attached hydrogen (secondary N) is 4. The van der Waals surface area contributed by atoms with E-state index in [-0.39, 0.29) is 19.4 Å². The average molecular weight is 1130 g/mol. The number of carbonyl (C=O) groups is 11. The predicted octanol–water partition coefficient (Wildman–Crippen LogP) is 1.89. The molecule has 0 unspecified atom stereocenters. The standard InChI is InChI=1S/C57H92N10O13/c1-18-34(9)47-50(72)58-30-42(68)63(13)45(32(5)6)51(73)60-39(28-37-23-25-38(80-17)26-24-37)49(71)59-36(11)53(75)67-27-21-20-22-40(67)54(76)64(14)46(33(7)8)52(74)61-44(31(3)4)56(78)62(12)41(29-43(69)70)55(77)66(16)48(35(10)19-2)57(79)65(47)15/h23-26,31-36,39-41,44-48H,18-22,27-30H2,1-17H3,(H,58,72)(H,59,71)(H,60,73)(H,61,74)(H,69,70)/t34-,35+,36-,39+,40+,41+,44+,45+,46+,47+,48+/m1/s1. The molecule has 1 aromatic carbocycles. The second-order valence-corrected chi connectivity index (χ2v) is 22.8. The number of fused-ring (bicyclic) bond motifs is 1. The summed E-state index contributed by atoms with van der Waals surface area (Å²) in [4.78, 5) is 165. The second-order valence-electron chi connectivity index (χ2n) is 22.8. The predicted molar refractivity (Wildman–Crippen MR) is 299 cm³/mol. The maximum Gasteiger partial charge on any atom is 0.305 e. The largest absolute Gasteiger partial charge is 0.497 e. The van der Waals surface area contributed by atoms with Crippen molar-refractivity contribution in [1.82, 2.24) is 50.7 Å². The number of amides is 10. The maximum absolute atomic E-state index is 14.9. The smallest absolute Gasteiger partial charge is 0.305 e. The van der Waals surface area contributed by atoms with Crippen LogP contribution in [-0.4, -0.2) is 209 Å². The Morgan fingerprint density at radius 3 is 1.65 bits per heavy atom. The highest BCUT2D eigenvalue weighted by Gasteiger charge is 2.45. The molecule has 23 nitrogen and oxygen atoms in total. The Morgan fingerprint density at radius 2 is 1.12 bits per heavy atom. The van der Waals surface area contributed by atoms with Crippen LogP contribution in [0.1, 0.15) is 120 Å². The lowest BCUT2D eigenvalue weighted by Crippen LogP contribution is -2.63. The van der Waals surface area contributed by atoms with Crippen molar-refractivity contribution < 1.29 is 62.6 Å². The van der Waals surface area contributed by atoms with E-state index >= 15 is 0 Å². The molecule has 3 rings (SSSR count). The number of nitrogens with zero attached hydrogens (tertiary/aromatic N) is 6. The summed E-state index contributed by atoms with van der Waals surface area (Å²) in [7, 11) is 8.29. The van der Waals surface area contributed by atoms with Crippen molar-refractivity contribution in [2.24, 2.45) is 29.6 Å². The van der Waals surface area contributed by atoms with E-state index in [0.29, 0.717) is 37.0 Å². The number of rotatable bonds is 12. The highest BCUT2D eigenvalue weighted by atomic mass is 16.5. The van der Waals surface area contributed by atoms with Gasteiger partial charge in [-0.1, -0.05) is 94.2 Å². The Kier molecular flexibility index (Phi) is 25.4. The zero-order chi connectivity index (χ0) is 60.8. The summed E-state index contributed by atoms with van der Waals surface area (Å²) >= 11 is 0. The van der Waals surface area contributed by atoms with Gasteiger partial charge in [-0.05, 0) is 73.5 Å². The Bertz CT molecular complexity index is 2380. The van der Waals surface area contributed by atoms with Crippen LogP contribution in [-0.2, 0) is 59.2 Å². The van der Waals surface area contributed by atoms with Gasteiger partial charge < -0.3 is 60.5 Å². The third kappa shape index (κ3) is 16.6. The van der Waals surface area contributed by atoms with Crippen LogP contribution in [0.3, 0.4) is 0 Å². The lowest BCUT2D eigenvalue weighted by molar-refractivity contribution is -0.157. The van der Waals surface area contributed by atoms with Gasteiger partial charge in [0.25, 0.3) is 0 Å². The Hall–Kier alpha value is -6.81. The molecule has 2 saturated heterocycles. The number of carboxylic acid groups (broad SMARTS) is 1. The summed E-state index contributed by atoms with van der Waals surface area (Å²) < 4.78 is 5.32. The zero-order valence-corrected chi connectivity index (χ0v) is 50.3. The van der Waals surface area contributed by atoms with Crippen molar-refractivity contribution in [2.45, 2.75) is 175 Å². The first-order valence-corrected chi connectivity index (χ1v) is 28.0. The molecule has 10 amide bonds. The maximum atomic E-state index is 14.9. The van der Waals surface area contributed by atoms with Crippen LogP contribution in [0.25, 0.3) is 0 Å². The van der Waals surface area contributed by atoms with Crippen LogP contribution in [0.4, 0.5) is 0 Å². The topological polar surface area (TPSA) is 285 Å². The average Bonchev–Trinajstić information content (AvgIpc) is 3.41. The minimum absolute atomic E-state index is 0.0527. The van der Waals surface area contributed by atoms with Crippen molar-refractivity contribution in [1.29, 1.82) is 0 Å². The SMILES string of the molecule is CC[C@@H](C)[C@H]1C(=O)NCC(=O)N(C)[C@@H](C(C)C)C(=O)N[C@@H](Cc2ccc(OC)cc2)C(=O)N[C@H](C)C(=O)N2CCCC[C@H]2C(=O)N(C)[C@@H](C(C)C)C(=O)N[C@@H](C(C)C)C(=O)N(C)[C@@H](CC(=O)O)C(=O)N(C)[C@@H]([C@@H](C)CC)C(=O)N1C. The molecule has 2 heterocycles. The van der Waals surface area contributed by atoms with E-state index in [1.807, 2.05) is 6.92 Å². The number of hydrogen-bond donors (Lipinski definition) is 5. The van der Waals surface area contributed by atoms with Gasteiger partial charge in [0.2, 0.25) is 59.1 Å². The summed E-state index contributed by atoms with van der Waals surface area (Å²) in [6.07, 6.45) is 1.14. The molecular weight excluding hydrogens is 1030 g/mol. The van der Waals surface area contributed by atoms with E-state index < -0.39 is 162 Å². The monoisotopic (exact) mass is 1120 g/mol. The third-order valence-electron chi connectivity index (χ3n) is 15.9. The number of carboxylic acids is 1. The molecule has 0 bridgehead atoms. The first-order valence-electron chi connectivity index (χ1n) is 28.0. The van der Waals surface area contributed by atoms with Crippen LogP contribution in [0.2, 0.25) is 0 Å². The fraction of sp³-hybridized carbons (Fsp3) is 0.702. The summed E-state index contributed by atoms with van der Waals surface area (Å²) in [5.74, 6) is -10.8. The molecule has 1 aromatic rings. The summed E-state index contributed by atoms with van der Waals surface area (Å²) in [5, 5.41) is 21.2. The summed E-state index contributed by atoms with van der Waals surface area (Å²) in [6.45, 7) is 18.2. The van der Waals surface area contributed by atoms with Crippen LogP contribution in [0.15, 0.2) is 24.3 Å². The number of methoxy groups -OCH3 is 1. The molecule has 23 heteroatoms. The van der Waals surface area contributed by atoms with Gasteiger partial charge >= 0.3 is 5.97 Å². The van der Waals surface area contributed by atoms with Gasteiger partial charge in [-0.15, -0.1) is 0 Å². The fourth-order valence-electron chi connectivity index (χ4n) is 10.8. The lowest BCUT2D eigenvalue weighted by atomic mass is 9.92. The van der Waals surface area contributed by atoms with Crippen LogP contribution in [0, 0.1) is 29.6 Å². The molecule has 448 valence electrons. The Balaban J connectivity index is 2.27. The van der Waals surface area contributed by atoms with Crippen LogP contribution >= 0.6 is 0 Å². The Labute approximate surface area is 472 Å². The van der Waals surface area contributed by atoms with E-state index in [4.69, 9.17) is 4.74 Å². The van der Waals surface area contributed by atoms with Crippen molar-refractivity contribution in [3.63, 3.8) is 0 Å². The number of aliphatic carboxylic acids is 1. The van der Waals surface area contributed by atoms with Crippen LogP contribution < -0.4 is 26.0 Å². The van der Waals surface area contributed by atoms with Gasteiger partial charge in [0.15, 0.2) is 0 Å². The molecule has 2 fully saturated rings. The number of ether oxygens (including phenoxy) is 1. The van der Waals surface area contributed by atoms with Gasteiger partial charge in [0, 0.05) is 48.2 Å². The number of carbonyl (C=O) groups excluding carboxylic acids is 10. The van der Waals surface area contributed by atoms with E-state index in [0.717, 1.165) is 14.7 Å². The second kappa shape index (κ2) is 30.1. The number of piperidine rings is 1. The molecule has 2 aliphatic heterocycles. The minimum Gasteiger partial charge on any atom is -0.497 e. The van der Waals surface area contributed by atoms with Crippen molar-refractivity contribution in [2.75, 3.05) is 55.4 Å². The number of benzene rings is 1. The minimum atomic E-state index is -1.69. The van der Waals surface area contributed by atoms with Gasteiger partial charge in [0.1, 0.15) is 60.1 Å². The van der Waals surface area contributed by atoms with Crippen LogP contribution in [0.5, 0.6) is 5.75 Å². The molecule has 0 aromatic heterocycles. The van der Waals surface area contributed by atoms with E-state index in [1.54, 1.807) is 86.6 Å². The molecule has 5 N–H and O–H groups in total. The fourth-order valence-corrected chi connectivity index (χ4v) is 10.8. The lowest BCUT2D eigenvalue weighted by Gasteiger charge is -2.41. The molecule has 11 atom stereocenters. The number of hydrogen-bond acceptors (Lipinski definition) is 12. The molecule has 0 saturated carbocycles. The summed E-state index contributed by atoms with van der Waals surface area (Å²) in [6, 6.07) is -4.68. The van der Waals surface area contributed by atoms with Gasteiger partial charge in [-0.25, -0.2) is 0 Å². The van der Waals surface area contributed by atoms with Gasteiger partial charge in [0.05, 0.1) is 20.1 Å². The highest BCUT2D eigenvalue weighted by molar-refractivity contribution is 6.00. The first-order chi connectivity index (χ1) is 37.4. The number of likely N-dealkylation sites (N-methyl/N-ethyl adjacent to an activating group) is 5. The molecule has 80 heavy (non-hydrogen) atoms. The molecule has 0 spiro atoms. The van der Waals surface area contributed by atoms with Crippen molar-refractivity contribution in [3.05, 3.63) is 29.8 Å². The quantitative estimate of drug-likeness (QED) is 0.200. The molecule has 2 aliphatic rings. The first kappa shape index (κ1) is 67.5. The van der Waals surface area contributed by atoms with Crippen molar-refractivity contribution in [3.8, 4) is 5.75 Å². The molecule has 0 aliphatic carbocycles. The van der Waals surface area contributed by atoms with E-state index in [1.165, 1.54) is 64.0 Å². The zero-order valence-electron chi connectivity index (χ0n) is 50.3. The van der Waals surface area contributed by atoms with E-state index in [2.05, 4.69) is 21.3 Å². The summed E-state index contributed by atoms with van der Waals surface area (Å²) in [5.41, 5.74) is 0.621. The van der Waals surface area contributed by atoms with E-state index in [9.17, 15) is 57.8 Å². The molecular formula is C57H92N10O13. The molecule has 0 radical (unpaired) electrons. The normalized spacial score (nSPS) is 26.7. The van der Waals surface area contributed by atoms with Gasteiger partial charge in [-0.3, -0.25) is 52.7 Å². The van der Waals surface area contributed by atoms with Gasteiger partial charge in [-0.2, -0.15) is 0 Å². The third-order valence-corrected chi connectivity index (χ3v) is 15.9. The van der Waals surface area contributed by atoms with Crippen molar-refractivity contribution >= 4 is 65.0 Å². The Morgan fingerprint density at radius 1 is 0.600 bits per heavy atom.